The number of para-hydroxylation sites is 1. The third-order valence-corrected chi connectivity index (χ3v) is 9.01. The van der Waals surface area contributed by atoms with Gasteiger partial charge in [-0.1, -0.05) is 117 Å². The lowest BCUT2D eigenvalue weighted by atomic mass is 9.82. The molecule has 1 aliphatic carbocycles. The second-order valence-electron chi connectivity index (χ2n) is 11.9. The molecule has 1 N–H and O–H groups in total. The van der Waals surface area contributed by atoms with Crippen LogP contribution in [0.3, 0.4) is 0 Å². The van der Waals surface area contributed by atoms with Crippen LogP contribution in [0.2, 0.25) is 0 Å². The first-order chi connectivity index (χ1) is 21.1. The maximum atomic E-state index is 3.72. The first kappa shape index (κ1) is 25.4. The number of fused-ring (bicyclic) bond motifs is 5. The molecule has 206 valence electrons. The zero-order valence-corrected chi connectivity index (χ0v) is 24.4. The Morgan fingerprint density at radius 3 is 1.88 bits per heavy atom. The molecular weight excluding hydrogens is 520 g/mol. The summed E-state index contributed by atoms with van der Waals surface area (Å²) in [6.07, 6.45) is 0. The largest absolute Gasteiger partial charge is 0.355 e. The number of anilines is 5. The molecule has 8 rings (SSSR count). The molecule has 0 bridgehead atoms. The standard InChI is InChI=1S/C41H32N2/c1-41(2)37-26-30(42-39-20-10-14-28-12-6-8-18-33(28)39)22-24-35(37)36-25-23-32(27-38(36)41)43(31-16-4-3-5-17-31)40-21-11-15-29-13-7-9-19-34(29)40/h3-27,42H,1-2H3. The van der Waals surface area contributed by atoms with Gasteiger partial charge in [0.2, 0.25) is 0 Å². The third kappa shape index (κ3) is 4.18. The van der Waals surface area contributed by atoms with E-state index in [4.69, 9.17) is 0 Å². The van der Waals surface area contributed by atoms with Crippen LogP contribution in [0.4, 0.5) is 28.4 Å². The summed E-state index contributed by atoms with van der Waals surface area (Å²) in [6.45, 7) is 4.71. The van der Waals surface area contributed by atoms with Crippen LogP contribution in [0.5, 0.6) is 0 Å². The molecule has 0 spiro atoms. The molecule has 0 heterocycles. The maximum absolute atomic E-state index is 3.72. The van der Waals surface area contributed by atoms with Gasteiger partial charge < -0.3 is 10.2 Å². The second-order valence-corrected chi connectivity index (χ2v) is 11.9. The fraction of sp³-hybridized carbons (Fsp3) is 0.0732. The number of rotatable bonds is 5. The smallest absolute Gasteiger partial charge is 0.0540 e. The summed E-state index contributed by atoms with van der Waals surface area (Å²) in [6, 6.07) is 54.8. The molecule has 2 heteroatoms. The number of hydrogen-bond donors (Lipinski definition) is 1. The van der Waals surface area contributed by atoms with Gasteiger partial charge >= 0.3 is 0 Å². The first-order valence-corrected chi connectivity index (χ1v) is 15.0. The van der Waals surface area contributed by atoms with Crippen molar-refractivity contribution in [1.29, 1.82) is 0 Å². The normalized spacial score (nSPS) is 13.1. The molecule has 0 saturated heterocycles. The zero-order valence-electron chi connectivity index (χ0n) is 24.4. The Labute approximate surface area is 252 Å². The summed E-state index contributed by atoms with van der Waals surface area (Å²) in [5.74, 6) is 0. The Morgan fingerprint density at radius 2 is 1.09 bits per heavy atom. The van der Waals surface area contributed by atoms with Gasteiger partial charge in [0.05, 0.1) is 5.69 Å². The van der Waals surface area contributed by atoms with E-state index in [9.17, 15) is 0 Å². The molecule has 7 aromatic carbocycles. The molecule has 0 atom stereocenters. The summed E-state index contributed by atoms with van der Waals surface area (Å²) in [5, 5.41) is 8.66. The molecule has 0 aliphatic heterocycles. The van der Waals surface area contributed by atoms with Gasteiger partial charge in [-0.15, -0.1) is 0 Å². The van der Waals surface area contributed by atoms with Gasteiger partial charge in [0.15, 0.2) is 0 Å². The molecule has 7 aromatic rings. The highest BCUT2D eigenvalue weighted by molar-refractivity contribution is 6.00. The number of nitrogens with one attached hydrogen (secondary N) is 1. The van der Waals surface area contributed by atoms with Gasteiger partial charge in [-0.2, -0.15) is 0 Å². The van der Waals surface area contributed by atoms with Crippen molar-refractivity contribution in [1.82, 2.24) is 0 Å². The van der Waals surface area contributed by atoms with E-state index in [-0.39, 0.29) is 5.41 Å². The molecule has 43 heavy (non-hydrogen) atoms. The van der Waals surface area contributed by atoms with Crippen molar-refractivity contribution in [2.45, 2.75) is 19.3 Å². The third-order valence-electron chi connectivity index (χ3n) is 9.01. The summed E-state index contributed by atoms with van der Waals surface area (Å²) in [5.41, 5.74) is 10.9. The van der Waals surface area contributed by atoms with Crippen LogP contribution < -0.4 is 10.2 Å². The minimum Gasteiger partial charge on any atom is -0.355 e. The van der Waals surface area contributed by atoms with Crippen LogP contribution in [-0.4, -0.2) is 0 Å². The van der Waals surface area contributed by atoms with Gasteiger partial charge in [0, 0.05) is 38.9 Å². The Hall–Kier alpha value is -5.34. The fourth-order valence-corrected chi connectivity index (χ4v) is 6.84. The van der Waals surface area contributed by atoms with Crippen molar-refractivity contribution in [2.75, 3.05) is 10.2 Å². The zero-order chi connectivity index (χ0) is 29.0. The Balaban J connectivity index is 1.22. The Bertz CT molecular complexity index is 2130. The van der Waals surface area contributed by atoms with E-state index in [1.165, 1.54) is 49.5 Å². The maximum Gasteiger partial charge on any atom is 0.0540 e. The van der Waals surface area contributed by atoms with Gasteiger partial charge in [0.25, 0.3) is 0 Å². The van der Waals surface area contributed by atoms with Crippen molar-refractivity contribution in [3.8, 4) is 11.1 Å². The lowest BCUT2D eigenvalue weighted by Crippen LogP contribution is -2.17. The highest BCUT2D eigenvalue weighted by Crippen LogP contribution is 2.52. The molecular formula is C41H32N2. The van der Waals surface area contributed by atoms with Gasteiger partial charge in [-0.25, -0.2) is 0 Å². The van der Waals surface area contributed by atoms with Crippen molar-refractivity contribution in [3.63, 3.8) is 0 Å². The van der Waals surface area contributed by atoms with Crippen LogP contribution >= 0.6 is 0 Å². The highest BCUT2D eigenvalue weighted by atomic mass is 15.1. The van der Waals surface area contributed by atoms with Crippen molar-refractivity contribution >= 4 is 50.0 Å². The summed E-state index contributed by atoms with van der Waals surface area (Å²) in [7, 11) is 0. The minimum atomic E-state index is -0.155. The van der Waals surface area contributed by atoms with Gasteiger partial charge in [0.1, 0.15) is 0 Å². The molecule has 0 saturated carbocycles. The summed E-state index contributed by atoms with van der Waals surface area (Å²) < 4.78 is 0. The average Bonchev–Trinajstić information content (AvgIpc) is 3.27. The van der Waals surface area contributed by atoms with Crippen LogP contribution in [0, 0.1) is 0 Å². The second kappa shape index (κ2) is 9.89. The van der Waals surface area contributed by atoms with Crippen molar-refractivity contribution in [2.24, 2.45) is 0 Å². The minimum absolute atomic E-state index is 0.155. The van der Waals surface area contributed by atoms with Gasteiger partial charge in [-0.05, 0) is 81.6 Å². The highest BCUT2D eigenvalue weighted by Gasteiger charge is 2.36. The predicted octanol–water partition coefficient (Wildman–Crippen LogP) is 11.5. The van der Waals surface area contributed by atoms with Crippen LogP contribution in [-0.2, 0) is 5.41 Å². The molecule has 0 fully saturated rings. The topological polar surface area (TPSA) is 15.3 Å². The van der Waals surface area contributed by atoms with Crippen molar-refractivity contribution < 1.29 is 0 Å². The lowest BCUT2D eigenvalue weighted by molar-refractivity contribution is 0.660. The molecule has 0 unspecified atom stereocenters. The number of hydrogen-bond acceptors (Lipinski definition) is 2. The van der Waals surface area contributed by atoms with E-state index < -0.39 is 0 Å². The van der Waals surface area contributed by atoms with E-state index in [2.05, 4.69) is 176 Å². The molecule has 2 nitrogen and oxygen atoms in total. The quantitative estimate of drug-likeness (QED) is 0.228. The number of benzene rings is 7. The van der Waals surface area contributed by atoms with Crippen LogP contribution in [0.15, 0.2) is 152 Å². The van der Waals surface area contributed by atoms with Crippen LogP contribution in [0.25, 0.3) is 32.7 Å². The van der Waals surface area contributed by atoms with Gasteiger partial charge in [-0.3, -0.25) is 0 Å². The van der Waals surface area contributed by atoms with E-state index in [0.29, 0.717) is 0 Å². The number of nitrogens with zero attached hydrogens (tertiary/aromatic N) is 1. The van der Waals surface area contributed by atoms with Crippen molar-refractivity contribution in [3.05, 3.63) is 163 Å². The molecule has 0 amide bonds. The molecule has 0 aromatic heterocycles. The molecule has 1 aliphatic rings. The monoisotopic (exact) mass is 552 g/mol. The predicted molar refractivity (Wildman–Crippen MR) is 183 cm³/mol. The van der Waals surface area contributed by atoms with E-state index in [0.717, 1.165) is 22.7 Å². The van der Waals surface area contributed by atoms with E-state index in [1.807, 2.05) is 0 Å². The average molecular weight is 553 g/mol. The Kier molecular flexibility index (Phi) is 5.84. The Morgan fingerprint density at radius 1 is 0.488 bits per heavy atom. The van der Waals surface area contributed by atoms with E-state index in [1.54, 1.807) is 0 Å². The molecule has 0 radical (unpaired) electrons. The van der Waals surface area contributed by atoms with Crippen LogP contribution in [0.1, 0.15) is 25.0 Å². The fourth-order valence-electron chi connectivity index (χ4n) is 6.84. The van der Waals surface area contributed by atoms with E-state index >= 15 is 0 Å². The first-order valence-electron chi connectivity index (χ1n) is 15.0. The SMILES string of the molecule is CC1(C)c2cc(Nc3cccc4ccccc34)ccc2-c2ccc(N(c3ccccc3)c3cccc4ccccc34)cc21. The summed E-state index contributed by atoms with van der Waals surface area (Å²) >= 11 is 0. The summed E-state index contributed by atoms with van der Waals surface area (Å²) in [4.78, 5) is 2.40. The lowest BCUT2D eigenvalue weighted by Gasteiger charge is -2.29.